The summed E-state index contributed by atoms with van der Waals surface area (Å²) in [7, 11) is 3.87. The van der Waals surface area contributed by atoms with E-state index in [9.17, 15) is 14.3 Å². The Balaban J connectivity index is 1.69. The van der Waals surface area contributed by atoms with E-state index in [-0.39, 0.29) is 12.3 Å². The maximum Gasteiger partial charge on any atom is 0.319 e. The molecule has 1 unspecified atom stereocenters. The van der Waals surface area contributed by atoms with Gasteiger partial charge in [-0.1, -0.05) is 59.6 Å². The van der Waals surface area contributed by atoms with Gasteiger partial charge in [0.1, 0.15) is 0 Å². The number of hydrogen-bond donors (Lipinski definition) is 3. The molecule has 1 atom stereocenters. The predicted octanol–water partition coefficient (Wildman–Crippen LogP) is 5.64. The standard InChI is InChI=1S/C25H24Cl2N4O3S/c1-31(2)14-19-8-7-18(9-20(19)12-28)24-22(26)10-21(11-23(24)27)30-25(32)29-13-16-3-5-17(6-4-16)15-35(33)34/h3-11H,13-15H2,1-2H3,(H,33,34)(H2,29,30,32). The molecule has 0 saturated carbocycles. The van der Waals surface area contributed by atoms with Crippen molar-refractivity contribution in [2.45, 2.75) is 18.8 Å². The number of carbonyl (C=O) groups is 1. The van der Waals surface area contributed by atoms with Gasteiger partial charge >= 0.3 is 6.03 Å². The second-order valence-electron chi connectivity index (χ2n) is 8.13. The molecule has 3 rings (SSSR count). The van der Waals surface area contributed by atoms with E-state index in [1.165, 1.54) is 0 Å². The average Bonchev–Trinajstić information content (AvgIpc) is 2.78. The normalized spacial score (nSPS) is 11.7. The molecule has 3 aromatic rings. The molecule has 0 fully saturated rings. The molecule has 0 aliphatic heterocycles. The van der Waals surface area contributed by atoms with Gasteiger partial charge in [-0.05, 0) is 54.5 Å². The van der Waals surface area contributed by atoms with Gasteiger partial charge in [0.2, 0.25) is 0 Å². The summed E-state index contributed by atoms with van der Waals surface area (Å²) in [6, 6.07) is 17.6. The number of benzene rings is 3. The molecule has 7 nitrogen and oxygen atoms in total. The summed E-state index contributed by atoms with van der Waals surface area (Å²) in [6.07, 6.45) is 0. The summed E-state index contributed by atoms with van der Waals surface area (Å²) >= 11 is 11.1. The second kappa shape index (κ2) is 12.2. The van der Waals surface area contributed by atoms with Crippen molar-refractivity contribution in [3.63, 3.8) is 0 Å². The van der Waals surface area contributed by atoms with E-state index in [2.05, 4.69) is 16.7 Å². The zero-order valence-electron chi connectivity index (χ0n) is 19.1. The van der Waals surface area contributed by atoms with Crippen molar-refractivity contribution in [2.75, 3.05) is 19.4 Å². The number of halogens is 2. The van der Waals surface area contributed by atoms with Gasteiger partial charge in [-0.15, -0.1) is 0 Å². The van der Waals surface area contributed by atoms with Crippen LogP contribution in [0.25, 0.3) is 11.1 Å². The monoisotopic (exact) mass is 530 g/mol. The first-order valence-electron chi connectivity index (χ1n) is 10.5. The lowest BCUT2D eigenvalue weighted by Gasteiger charge is -2.15. The lowest BCUT2D eigenvalue weighted by molar-refractivity contribution is 0.251. The van der Waals surface area contributed by atoms with Crippen LogP contribution < -0.4 is 10.6 Å². The van der Waals surface area contributed by atoms with E-state index in [0.717, 1.165) is 16.7 Å². The Hall–Kier alpha value is -2.93. The summed E-state index contributed by atoms with van der Waals surface area (Å²) in [5.41, 5.74) is 4.73. The topological polar surface area (TPSA) is 105 Å². The van der Waals surface area contributed by atoms with E-state index in [1.54, 1.807) is 42.5 Å². The van der Waals surface area contributed by atoms with Crippen LogP contribution in [-0.2, 0) is 29.9 Å². The smallest absolute Gasteiger partial charge is 0.319 e. The zero-order valence-corrected chi connectivity index (χ0v) is 21.5. The molecule has 0 spiro atoms. The number of nitriles is 1. The van der Waals surface area contributed by atoms with Gasteiger partial charge in [0, 0.05) is 24.3 Å². The van der Waals surface area contributed by atoms with Crippen LogP contribution in [-0.4, -0.2) is 33.8 Å². The maximum atomic E-state index is 12.4. The number of hydrogen-bond acceptors (Lipinski definition) is 4. The van der Waals surface area contributed by atoms with Crippen LogP contribution >= 0.6 is 23.2 Å². The molecular weight excluding hydrogens is 507 g/mol. The number of nitrogens with one attached hydrogen (secondary N) is 2. The second-order valence-corrected chi connectivity index (χ2v) is 9.87. The molecular formula is C25H24Cl2N4O3S. The maximum absolute atomic E-state index is 12.4. The third kappa shape index (κ3) is 7.52. The molecule has 3 aromatic carbocycles. The number of nitrogens with zero attached hydrogens (tertiary/aromatic N) is 2. The third-order valence-corrected chi connectivity index (χ3v) is 6.25. The Kier molecular flexibility index (Phi) is 9.26. The molecule has 0 bridgehead atoms. The van der Waals surface area contributed by atoms with E-state index in [0.29, 0.717) is 39.0 Å². The van der Waals surface area contributed by atoms with Gasteiger partial charge in [-0.2, -0.15) is 5.26 Å². The fourth-order valence-electron chi connectivity index (χ4n) is 3.49. The minimum absolute atomic E-state index is 0.0593. The summed E-state index contributed by atoms with van der Waals surface area (Å²) in [5.74, 6) is 0.0593. The molecule has 182 valence electrons. The van der Waals surface area contributed by atoms with Crippen molar-refractivity contribution in [2.24, 2.45) is 0 Å². The lowest BCUT2D eigenvalue weighted by Crippen LogP contribution is -2.28. The highest BCUT2D eigenvalue weighted by molar-refractivity contribution is 7.78. The van der Waals surface area contributed by atoms with Crippen molar-refractivity contribution in [3.8, 4) is 17.2 Å². The molecule has 35 heavy (non-hydrogen) atoms. The van der Waals surface area contributed by atoms with Crippen LogP contribution in [0, 0.1) is 11.3 Å². The Morgan fingerprint density at radius 3 is 2.26 bits per heavy atom. The van der Waals surface area contributed by atoms with E-state index >= 15 is 0 Å². The fourth-order valence-corrected chi connectivity index (χ4v) is 4.67. The van der Waals surface area contributed by atoms with Gasteiger partial charge < -0.3 is 20.1 Å². The van der Waals surface area contributed by atoms with Crippen LogP contribution in [0.3, 0.4) is 0 Å². The van der Waals surface area contributed by atoms with Crippen molar-refractivity contribution >= 4 is 46.0 Å². The molecule has 0 aliphatic carbocycles. The molecule has 0 saturated heterocycles. The van der Waals surface area contributed by atoms with E-state index < -0.39 is 17.1 Å². The van der Waals surface area contributed by atoms with Crippen LogP contribution in [0.4, 0.5) is 10.5 Å². The van der Waals surface area contributed by atoms with Crippen LogP contribution in [0.2, 0.25) is 10.0 Å². The highest BCUT2D eigenvalue weighted by Crippen LogP contribution is 2.38. The first kappa shape index (κ1) is 26.7. The van der Waals surface area contributed by atoms with Crippen molar-refractivity contribution in [1.82, 2.24) is 10.2 Å². The first-order chi connectivity index (χ1) is 16.7. The molecule has 0 heterocycles. The minimum Gasteiger partial charge on any atom is -0.334 e. The largest absolute Gasteiger partial charge is 0.334 e. The lowest BCUT2D eigenvalue weighted by atomic mass is 9.99. The molecule has 2 amide bonds. The number of rotatable bonds is 8. The van der Waals surface area contributed by atoms with Crippen LogP contribution in [0.5, 0.6) is 0 Å². The number of amides is 2. The average molecular weight is 531 g/mol. The molecule has 3 N–H and O–H groups in total. The summed E-state index contributed by atoms with van der Waals surface area (Å²) in [5, 5.41) is 15.7. The summed E-state index contributed by atoms with van der Waals surface area (Å²) in [4.78, 5) is 14.3. The van der Waals surface area contributed by atoms with Crippen molar-refractivity contribution in [3.05, 3.63) is 86.9 Å². The number of carbonyl (C=O) groups excluding carboxylic acids is 1. The Morgan fingerprint density at radius 2 is 1.69 bits per heavy atom. The van der Waals surface area contributed by atoms with E-state index in [4.69, 9.17) is 27.8 Å². The quantitative estimate of drug-likeness (QED) is 0.327. The SMILES string of the molecule is CN(C)Cc1ccc(-c2c(Cl)cc(NC(=O)NCc3ccc(CS(=O)O)cc3)cc2Cl)cc1C#N. The zero-order chi connectivity index (χ0) is 25.5. The summed E-state index contributed by atoms with van der Waals surface area (Å²) in [6.45, 7) is 0.903. The van der Waals surface area contributed by atoms with Gasteiger partial charge in [0.15, 0.2) is 11.1 Å². The Labute approximate surface area is 216 Å². The third-order valence-electron chi connectivity index (χ3n) is 5.07. The molecule has 10 heteroatoms. The van der Waals surface area contributed by atoms with Gasteiger partial charge in [0.25, 0.3) is 0 Å². The molecule has 0 aromatic heterocycles. The van der Waals surface area contributed by atoms with Crippen molar-refractivity contribution in [1.29, 1.82) is 5.26 Å². The van der Waals surface area contributed by atoms with Gasteiger partial charge in [0.05, 0.1) is 27.4 Å². The highest BCUT2D eigenvalue weighted by atomic mass is 35.5. The Morgan fingerprint density at radius 1 is 1.06 bits per heavy atom. The fraction of sp³-hybridized carbons (Fsp3) is 0.200. The summed E-state index contributed by atoms with van der Waals surface area (Å²) < 4.78 is 19.8. The molecule has 0 aliphatic rings. The van der Waals surface area contributed by atoms with Gasteiger partial charge in [-0.25, -0.2) is 9.00 Å². The first-order valence-corrected chi connectivity index (χ1v) is 12.6. The van der Waals surface area contributed by atoms with Crippen LogP contribution in [0.15, 0.2) is 54.6 Å². The predicted molar refractivity (Wildman–Crippen MR) is 141 cm³/mol. The van der Waals surface area contributed by atoms with Crippen LogP contribution in [0.1, 0.15) is 22.3 Å². The minimum atomic E-state index is -1.90. The number of urea groups is 1. The Bertz CT molecular complexity index is 1270. The molecule has 0 radical (unpaired) electrons. The number of anilines is 1. The van der Waals surface area contributed by atoms with Crippen molar-refractivity contribution < 1.29 is 13.6 Å². The van der Waals surface area contributed by atoms with Gasteiger partial charge in [-0.3, -0.25) is 0 Å². The highest BCUT2D eigenvalue weighted by Gasteiger charge is 2.14. The van der Waals surface area contributed by atoms with E-state index in [1.807, 2.05) is 31.1 Å².